The maximum Gasteiger partial charge on any atom is 0.218 e. The Bertz CT molecular complexity index is 1210. The first-order chi connectivity index (χ1) is 17.6. The van der Waals surface area contributed by atoms with Crippen molar-refractivity contribution in [1.82, 2.24) is 0 Å². The standard InChI is InChI=1S/C30H37FN2O3S/c1-28-14-17(16-32)24(33-20-6-4-19(31)5-7-20)13-18(28)3-10-22-23-11-12-30(27(35)37,36-21-8-9-21)29(23,2)15-25(34)26(22)28/h4-7,13,16,21-23,25-26,34H,3,8-12,14-15,32H2,1-2H3,(H,35,37)/t22-,23-,25-,26+,28-,29-,30-/m0/s1. The van der Waals surface area contributed by atoms with Crippen LogP contribution < -0.4 is 5.73 Å². The van der Waals surface area contributed by atoms with Crippen molar-refractivity contribution in [2.75, 3.05) is 0 Å². The second-order valence-electron chi connectivity index (χ2n) is 12.4. The van der Waals surface area contributed by atoms with Gasteiger partial charge in [0.2, 0.25) is 5.12 Å². The lowest BCUT2D eigenvalue weighted by molar-refractivity contribution is -0.191. The van der Waals surface area contributed by atoms with E-state index in [0.717, 1.165) is 43.4 Å². The minimum Gasteiger partial charge on any atom is -0.404 e. The van der Waals surface area contributed by atoms with Crippen LogP contribution in [0.15, 0.2) is 52.7 Å². The van der Waals surface area contributed by atoms with Gasteiger partial charge in [-0.15, -0.1) is 12.6 Å². The molecule has 0 amide bonds. The van der Waals surface area contributed by atoms with Crippen LogP contribution in [0.4, 0.5) is 10.1 Å². The van der Waals surface area contributed by atoms with E-state index in [4.69, 9.17) is 15.5 Å². The van der Waals surface area contributed by atoms with Gasteiger partial charge in [0, 0.05) is 5.41 Å². The zero-order valence-corrected chi connectivity index (χ0v) is 22.5. The fourth-order valence-electron chi connectivity index (χ4n) is 8.64. The number of halogens is 1. The number of hydrogen-bond donors (Lipinski definition) is 3. The molecule has 7 heteroatoms. The number of carbonyl (C=O) groups excluding carboxylic acids is 1. The molecule has 0 heterocycles. The van der Waals surface area contributed by atoms with Gasteiger partial charge < -0.3 is 15.6 Å². The third-order valence-electron chi connectivity index (χ3n) is 10.5. The van der Waals surface area contributed by atoms with Crippen molar-refractivity contribution in [3.8, 4) is 0 Å². The Labute approximate surface area is 223 Å². The molecule has 37 heavy (non-hydrogen) atoms. The molecule has 0 aromatic heterocycles. The quantitative estimate of drug-likeness (QED) is 0.444. The number of nitrogens with two attached hydrogens (primary N) is 1. The van der Waals surface area contributed by atoms with Crippen LogP contribution in [0.2, 0.25) is 0 Å². The Hall–Kier alpha value is -1.96. The molecule has 6 rings (SSSR count). The second-order valence-corrected chi connectivity index (χ2v) is 12.8. The predicted octanol–water partition coefficient (Wildman–Crippen LogP) is 5.66. The Kier molecular flexibility index (Phi) is 6.01. The summed E-state index contributed by atoms with van der Waals surface area (Å²) in [4.78, 5) is 17.8. The summed E-state index contributed by atoms with van der Waals surface area (Å²) in [5, 5.41) is 11.7. The highest BCUT2D eigenvalue weighted by molar-refractivity contribution is 7.96. The molecule has 1 aromatic carbocycles. The van der Waals surface area contributed by atoms with Crippen molar-refractivity contribution >= 4 is 29.1 Å². The van der Waals surface area contributed by atoms with Crippen molar-refractivity contribution in [2.24, 2.45) is 39.3 Å². The number of aliphatic hydroxyl groups is 1. The van der Waals surface area contributed by atoms with Crippen LogP contribution in [0, 0.1) is 34.4 Å². The molecule has 0 spiro atoms. The molecule has 1 aromatic rings. The monoisotopic (exact) mass is 524 g/mol. The molecule has 0 aliphatic heterocycles. The number of rotatable bonds is 4. The van der Waals surface area contributed by atoms with Gasteiger partial charge in [-0.3, -0.25) is 4.79 Å². The van der Waals surface area contributed by atoms with E-state index in [-0.39, 0.29) is 28.4 Å². The summed E-state index contributed by atoms with van der Waals surface area (Å²) in [6, 6.07) is 6.17. The summed E-state index contributed by atoms with van der Waals surface area (Å²) in [6.45, 7) is 4.44. The molecule has 5 nitrogen and oxygen atoms in total. The van der Waals surface area contributed by atoms with Gasteiger partial charge in [-0.25, -0.2) is 9.38 Å². The Morgan fingerprint density at radius 3 is 2.59 bits per heavy atom. The average Bonchev–Trinajstić information content (AvgIpc) is 3.62. The summed E-state index contributed by atoms with van der Waals surface area (Å²) in [5.74, 6) is 0.374. The van der Waals surface area contributed by atoms with Gasteiger partial charge in [-0.2, -0.15) is 0 Å². The van der Waals surface area contributed by atoms with E-state index in [2.05, 4.69) is 32.6 Å². The number of fused-ring (bicyclic) bond motifs is 5. The minimum atomic E-state index is -0.908. The largest absolute Gasteiger partial charge is 0.404 e. The number of allylic oxidation sites excluding steroid dienone is 3. The highest BCUT2D eigenvalue weighted by Crippen LogP contribution is 2.69. The van der Waals surface area contributed by atoms with E-state index in [1.807, 2.05) is 0 Å². The number of ether oxygens (including phenoxy) is 1. The zero-order valence-electron chi connectivity index (χ0n) is 21.6. The second kappa shape index (κ2) is 8.78. The number of aliphatic imine (C=N–C) groups is 1. The molecule has 3 N–H and O–H groups in total. The number of benzene rings is 1. The number of carbonyl (C=O) groups is 1. The molecule has 4 saturated carbocycles. The van der Waals surface area contributed by atoms with Crippen LogP contribution in [0.1, 0.15) is 65.2 Å². The Morgan fingerprint density at radius 2 is 1.95 bits per heavy atom. The third-order valence-corrected chi connectivity index (χ3v) is 10.9. The zero-order chi connectivity index (χ0) is 26.2. The van der Waals surface area contributed by atoms with Crippen molar-refractivity contribution in [2.45, 2.75) is 83.0 Å². The van der Waals surface area contributed by atoms with Crippen LogP contribution >= 0.6 is 12.6 Å². The number of thiol groups is 1. The van der Waals surface area contributed by atoms with E-state index in [1.54, 1.807) is 18.3 Å². The SMILES string of the molecule is C[C@]12CC(=CN)C(=Nc3ccc(F)cc3)C=C1CC[C@@H]1[C@@H]2[C@@H](O)C[C@@]2(C)[C@H]1CC[C@]2(OC1CC1)C(=O)S. The highest BCUT2D eigenvalue weighted by atomic mass is 32.1. The lowest BCUT2D eigenvalue weighted by Gasteiger charge is -2.61. The lowest BCUT2D eigenvalue weighted by atomic mass is 9.45. The first-order valence-electron chi connectivity index (χ1n) is 13.7. The average molecular weight is 525 g/mol. The molecule has 5 aliphatic carbocycles. The Balaban J connectivity index is 1.36. The topological polar surface area (TPSA) is 84.9 Å². The van der Waals surface area contributed by atoms with E-state index in [1.165, 1.54) is 17.7 Å². The number of hydrogen-bond acceptors (Lipinski definition) is 5. The van der Waals surface area contributed by atoms with Crippen molar-refractivity contribution in [3.05, 3.63) is 53.5 Å². The van der Waals surface area contributed by atoms with E-state index >= 15 is 0 Å². The smallest absolute Gasteiger partial charge is 0.218 e. The highest BCUT2D eigenvalue weighted by Gasteiger charge is 2.69. The molecule has 7 atom stereocenters. The first kappa shape index (κ1) is 25.3. The van der Waals surface area contributed by atoms with Crippen LogP contribution in [0.5, 0.6) is 0 Å². The van der Waals surface area contributed by atoms with Gasteiger partial charge in [-0.05, 0) is 117 Å². The molecule has 5 aliphatic rings. The molecule has 4 fully saturated rings. The minimum absolute atomic E-state index is 0.0691. The number of aliphatic hydroxyl groups excluding tert-OH is 1. The van der Waals surface area contributed by atoms with Gasteiger partial charge >= 0.3 is 0 Å². The predicted molar refractivity (Wildman–Crippen MR) is 145 cm³/mol. The van der Waals surface area contributed by atoms with Gasteiger partial charge in [0.1, 0.15) is 11.4 Å². The number of nitrogens with zero attached hydrogens (tertiary/aromatic N) is 1. The lowest BCUT2D eigenvalue weighted by Crippen LogP contribution is -2.62. The van der Waals surface area contributed by atoms with Gasteiger partial charge in [0.15, 0.2) is 0 Å². The fraction of sp³-hybridized carbons (Fsp3) is 0.600. The normalized spacial score (nSPS) is 43.2. The molecule has 0 bridgehead atoms. The van der Waals surface area contributed by atoms with Crippen LogP contribution in [-0.4, -0.2) is 33.7 Å². The Morgan fingerprint density at radius 1 is 1.22 bits per heavy atom. The molecule has 0 unspecified atom stereocenters. The van der Waals surface area contributed by atoms with E-state index < -0.39 is 17.1 Å². The third kappa shape index (κ3) is 3.79. The summed E-state index contributed by atoms with van der Waals surface area (Å²) in [7, 11) is 0. The van der Waals surface area contributed by atoms with Crippen LogP contribution in [-0.2, 0) is 9.53 Å². The first-order valence-corrected chi connectivity index (χ1v) is 14.1. The van der Waals surface area contributed by atoms with Crippen molar-refractivity contribution < 1.29 is 19.0 Å². The van der Waals surface area contributed by atoms with Crippen LogP contribution in [0.25, 0.3) is 0 Å². The van der Waals surface area contributed by atoms with Crippen molar-refractivity contribution in [3.63, 3.8) is 0 Å². The van der Waals surface area contributed by atoms with E-state index in [0.29, 0.717) is 36.8 Å². The maximum absolute atomic E-state index is 13.4. The van der Waals surface area contributed by atoms with Gasteiger partial charge in [-0.1, -0.05) is 19.4 Å². The summed E-state index contributed by atoms with van der Waals surface area (Å²) in [5.41, 5.74) is 8.29. The summed E-state index contributed by atoms with van der Waals surface area (Å²) >= 11 is 4.36. The summed E-state index contributed by atoms with van der Waals surface area (Å²) < 4.78 is 19.9. The van der Waals surface area contributed by atoms with Gasteiger partial charge in [0.25, 0.3) is 0 Å². The molecular formula is C30H37FN2O3S. The molecule has 0 saturated heterocycles. The maximum atomic E-state index is 13.4. The molecular weight excluding hydrogens is 487 g/mol. The fourth-order valence-corrected chi connectivity index (χ4v) is 9.06. The van der Waals surface area contributed by atoms with Crippen molar-refractivity contribution in [1.29, 1.82) is 0 Å². The van der Waals surface area contributed by atoms with Gasteiger partial charge in [0.05, 0.1) is 23.6 Å². The molecule has 0 radical (unpaired) electrons. The summed E-state index contributed by atoms with van der Waals surface area (Å²) in [6.07, 6.45) is 10.1. The molecule has 198 valence electrons. The van der Waals surface area contributed by atoms with Crippen LogP contribution in [0.3, 0.4) is 0 Å². The van der Waals surface area contributed by atoms with E-state index in [9.17, 15) is 14.3 Å².